The maximum Gasteiger partial charge on any atom is 0.222 e. The number of anilines is 1. The second kappa shape index (κ2) is 10.9. The molecule has 0 aromatic heterocycles. The van der Waals surface area contributed by atoms with E-state index >= 15 is 0 Å². The number of hydrogen-bond acceptors (Lipinski definition) is 4. The first-order valence-corrected chi connectivity index (χ1v) is 9.61. The van der Waals surface area contributed by atoms with Crippen LogP contribution in [0.4, 0.5) is 5.69 Å². The van der Waals surface area contributed by atoms with E-state index in [0.717, 1.165) is 57.0 Å². The van der Waals surface area contributed by atoms with E-state index < -0.39 is 0 Å². The number of nitrogens with zero attached hydrogens (tertiary/aromatic N) is 2. The van der Waals surface area contributed by atoms with Gasteiger partial charge in [-0.2, -0.15) is 0 Å². The fourth-order valence-corrected chi connectivity index (χ4v) is 3.53. The highest BCUT2D eigenvalue weighted by molar-refractivity contribution is 5.85. The Morgan fingerprint density at radius 1 is 1.04 bits per heavy atom. The standard InChI is InChI=1S/C22H29N3O2.ClH/c1-27-21-9-6-18(7-10-21)8-11-22(26)25-13-3-12-24(14-15-25)17-19-4-2-5-20(23)16-19;/h2,4-7,9-10,16H,3,8,11-15,17,23H2,1H3;1H. The molecule has 152 valence electrons. The Morgan fingerprint density at radius 2 is 1.82 bits per heavy atom. The molecule has 28 heavy (non-hydrogen) atoms. The molecule has 0 aliphatic carbocycles. The van der Waals surface area contributed by atoms with Crippen molar-refractivity contribution in [1.29, 1.82) is 0 Å². The second-order valence-corrected chi connectivity index (χ2v) is 7.10. The molecule has 0 spiro atoms. The van der Waals surface area contributed by atoms with Crippen molar-refractivity contribution >= 4 is 24.0 Å². The van der Waals surface area contributed by atoms with E-state index in [2.05, 4.69) is 11.0 Å². The zero-order chi connectivity index (χ0) is 19.1. The van der Waals surface area contributed by atoms with Crippen molar-refractivity contribution in [3.05, 3.63) is 59.7 Å². The number of benzene rings is 2. The number of halogens is 1. The number of nitrogen functional groups attached to an aromatic ring is 1. The van der Waals surface area contributed by atoms with Crippen molar-refractivity contribution in [2.24, 2.45) is 0 Å². The van der Waals surface area contributed by atoms with Gasteiger partial charge in [-0.1, -0.05) is 24.3 Å². The van der Waals surface area contributed by atoms with Gasteiger partial charge in [-0.15, -0.1) is 12.4 Å². The summed E-state index contributed by atoms with van der Waals surface area (Å²) in [5.74, 6) is 1.09. The number of hydrogen-bond donors (Lipinski definition) is 1. The van der Waals surface area contributed by atoms with Crippen LogP contribution < -0.4 is 10.5 Å². The van der Waals surface area contributed by atoms with E-state index in [0.29, 0.717) is 6.42 Å². The van der Waals surface area contributed by atoms with Crippen molar-refractivity contribution in [2.75, 3.05) is 39.0 Å². The predicted octanol–water partition coefficient (Wildman–Crippen LogP) is 3.37. The molecule has 1 saturated heterocycles. The zero-order valence-corrected chi connectivity index (χ0v) is 17.3. The molecule has 0 saturated carbocycles. The number of carbonyl (C=O) groups is 1. The lowest BCUT2D eigenvalue weighted by Gasteiger charge is -2.22. The monoisotopic (exact) mass is 403 g/mol. The summed E-state index contributed by atoms with van der Waals surface area (Å²) in [5, 5.41) is 0. The topological polar surface area (TPSA) is 58.8 Å². The Labute approximate surface area is 173 Å². The van der Waals surface area contributed by atoms with Crippen LogP contribution in [-0.4, -0.2) is 49.0 Å². The molecule has 1 amide bonds. The molecule has 2 aromatic rings. The average molecular weight is 404 g/mol. The van der Waals surface area contributed by atoms with Gasteiger partial charge >= 0.3 is 0 Å². The van der Waals surface area contributed by atoms with E-state index in [9.17, 15) is 4.79 Å². The van der Waals surface area contributed by atoms with Crippen LogP contribution in [0.5, 0.6) is 5.75 Å². The molecule has 2 aromatic carbocycles. The molecule has 0 bridgehead atoms. The summed E-state index contributed by atoms with van der Waals surface area (Å²) in [4.78, 5) is 17.0. The minimum absolute atomic E-state index is 0. The average Bonchev–Trinajstić information content (AvgIpc) is 2.92. The first-order valence-electron chi connectivity index (χ1n) is 9.61. The highest BCUT2D eigenvalue weighted by Crippen LogP contribution is 2.15. The summed E-state index contributed by atoms with van der Waals surface area (Å²) in [6.45, 7) is 4.44. The number of nitrogens with two attached hydrogens (primary N) is 1. The van der Waals surface area contributed by atoms with Gasteiger partial charge in [0.25, 0.3) is 0 Å². The van der Waals surface area contributed by atoms with Gasteiger partial charge in [0, 0.05) is 44.8 Å². The zero-order valence-electron chi connectivity index (χ0n) is 16.5. The highest BCUT2D eigenvalue weighted by atomic mass is 35.5. The van der Waals surface area contributed by atoms with E-state index in [1.807, 2.05) is 47.4 Å². The molecule has 5 nitrogen and oxygen atoms in total. The SMILES string of the molecule is COc1ccc(CCC(=O)N2CCCN(Cc3cccc(N)c3)CC2)cc1.Cl. The van der Waals surface area contributed by atoms with E-state index in [1.165, 1.54) is 11.1 Å². The van der Waals surface area contributed by atoms with Crippen molar-refractivity contribution in [3.8, 4) is 5.75 Å². The Morgan fingerprint density at radius 3 is 2.54 bits per heavy atom. The van der Waals surface area contributed by atoms with Crippen molar-refractivity contribution in [1.82, 2.24) is 9.80 Å². The number of amides is 1. The molecular formula is C22H30ClN3O2. The number of ether oxygens (including phenoxy) is 1. The minimum atomic E-state index is 0. The third-order valence-corrected chi connectivity index (χ3v) is 5.09. The Hall–Kier alpha value is -2.24. The van der Waals surface area contributed by atoms with Gasteiger partial charge in [0.15, 0.2) is 0 Å². The van der Waals surface area contributed by atoms with E-state index in [4.69, 9.17) is 10.5 Å². The molecule has 6 heteroatoms. The van der Waals surface area contributed by atoms with E-state index in [1.54, 1.807) is 7.11 Å². The van der Waals surface area contributed by atoms with Gasteiger partial charge in [0.05, 0.1) is 7.11 Å². The van der Waals surface area contributed by atoms with Gasteiger partial charge in [0.2, 0.25) is 5.91 Å². The van der Waals surface area contributed by atoms with Crippen LogP contribution in [0.25, 0.3) is 0 Å². The summed E-state index contributed by atoms with van der Waals surface area (Å²) in [5.41, 5.74) is 9.08. The summed E-state index contributed by atoms with van der Waals surface area (Å²) >= 11 is 0. The maximum atomic E-state index is 12.6. The third-order valence-electron chi connectivity index (χ3n) is 5.09. The van der Waals surface area contributed by atoms with Crippen LogP contribution in [0, 0.1) is 0 Å². The minimum Gasteiger partial charge on any atom is -0.497 e. The fraction of sp³-hybridized carbons (Fsp3) is 0.409. The highest BCUT2D eigenvalue weighted by Gasteiger charge is 2.19. The Balaban J connectivity index is 0.00000280. The predicted molar refractivity (Wildman–Crippen MR) is 116 cm³/mol. The lowest BCUT2D eigenvalue weighted by atomic mass is 10.1. The number of methoxy groups -OCH3 is 1. The number of rotatable bonds is 6. The first-order chi connectivity index (χ1) is 13.1. The normalized spacial score (nSPS) is 14.8. The summed E-state index contributed by atoms with van der Waals surface area (Å²) < 4.78 is 5.18. The summed E-state index contributed by atoms with van der Waals surface area (Å²) in [6.07, 6.45) is 2.34. The molecule has 2 N–H and O–H groups in total. The summed E-state index contributed by atoms with van der Waals surface area (Å²) in [6, 6.07) is 16.0. The molecular weight excluding hydrogens is 374 g/mol. The molecule has 0 radical (unpaired) electrons. The second-order valence-electron chi connectivity index (χ2n) is 7.10. The van der Waals surface area contributed by atoms with Crippen LogP contribution in [0.15, 0.2) is 48.5 Å². The summed E-state index contributed by atoms with van der Waals surface area (Å²) in [7, 11) is 1.66. The van der Waals surface area contributed by atoms with Gasteiger partial charge in [-0.05, 0) is 48.2 Å². The van der Waals surface area contributed by atoms with Crippen LogP contribution in [0.3, 0.4) is 0 Å². The molecule has 3 rings (SSSR count). The van der Waals surface area contributed by atoms with Crippen molar-refractivity contribution < 1.29 is 9.53 Å². The van der Waals surface area contributed by atoms with Gasteiger partial charge < -0.3 is 15.4 Å². The number of carbonyl (C=O) groups excluding carboxylic acids is 1. The van der Waals surface area contributed by atoms with Gasteiger partial charge in [0.1, 0.15) is 5.75 Å². The van der Waals surface area contributed by atoms with Gasteiger partial charge in [-0.25, -0.2) is 0 Å². The van der Waals surface area contributed by atoms with E-state index in [-0.39, 0.29) is 18.3 Å². The molecule has 1 heterocycles. The Kier molecular flexibility index (Phi) is 8.61. The molecule has 0 unspecified atom stereocenters. The molecule has 1 fully saturated rings. The largest absolute Gasteiger partial charge is 0.497 e. The third kappa shape index (κ3) is 6.43. The molecule has 1 aliphatic heterocycles. The van der Waals surface area contributed by atoms with Crippen molar-refractivity contribution in [2.45, 2.75) is 25.8 Å². The van der Waals surface area contributed by atoms with Crippen LogP contribution >= 0.6 is 12.4 Å². The molecule has 1 aliphatic rings. The first kappa shape index (κ1) is 22.1. The van der Waals surface area contributed by atoms with Crippen LogP contribution in [-0.2, 0) is 17.8 Å². The Bertz CT molecular complexity index is 752. The van der Waals surface area contributed by atoms with Gasteiger partial charge in [-0.3, -0.25) is 9.69 Å². The quantitative estimate of drug-likeness (QED) is 0.751. The lowest BCUT2D eigenvalue weighted by molar-refractivity contribution is -0.131. The van der Waals surface area contributed by atoms with Crippen LogP contribution in [0.2, 0.25) is 0 Å². The fourth-order valence-electron chi connectivity index (χ4n) is 3.53. The molecule has 0 atom stereocenters. The van der Waals surface area contributed by atoms with Crippen LogP contribution in [0.1, 0.15) is 24.0 Å². The lowest BCUT2D eigenvalue weighted by Crippen LogP contribution is -2.35. The number of aryl methyl sites for hydroxylation is 1. The van der Waals surface area contributed by atoms with Crippen molar-refractivity contribution in [3.63, 3.8) is 0 Å². The maximum absolute atomic E-state index is 12.6. The smallest absolute Gasteiger partial charge is 0.222 e.